The number of phenolic OH excluding ortho intramolecular Hbond substituents is 4. The van der Waals surface area contributed by atoms with Gasteiger partial charge >= 0.3 is 11.3 Å². The summed E-state index contributed by atoms with van der Waals surface area (Å²) in [6, 6.07) is 12.0. The van der Waals surface area contributed by atoms with E-state index in [1.165, 1.54) is 31.4 Å². The highest BCUT2D eigenvalue weighted by Crippen LogP contribution is 2.43. The van der Waals surface area contributed by atoms with Gasteiger partial charge in [-0.1, -0.05) is 18.2 Å². The summed E-state index contributed by atoms with van der Waals surface area (Å²) in [4.78, 5) is 0. The number of fused-ring (bicyclic) bond motifs is 1. The fourth-order valence-electron chi connectivity index (χ4n) is 6.02. The second-order valence-corrected chi connectivity index (χ2v) is 12.8. The smallest absolute Gasteiger partial charge is 0.402 e. The maximum Gasteiger partial charge on any atom is 0.402 e. The van der Waals surface area contributed by atoms with Crippen LogP contribution in [0.5, 0.6) is 40.2 Å². The van der Waals surface area contributed by atoms with Crippen molar-refractivity contribution in [2.75, 3.05) is 26.9 Å². The number of ether oxygens (including phenoxy) is 6. The first-order valence-electron chi connectivity index (χ1n) is 16.9. The third-order valence-corrected chi connectivity index (χ3v) is 9.05. The van der Waals surface area contributed by atoms with Crippen LogP contribution in [0.1, 0.15) is 5.56 Å². The summed E-state index contributed by atoms with van der Waals surface area (Å²) in [6.45, 7) is -0.966. The molecule has 55 heavy (non-hydrogen) atoms. The molecule has 6 rings (SSSR count). The fourth-order valence-corrected chi connectivity index (χ4v) is 6.02. The molecule has 4 aromatic rings. The monoisotopic (exact) mass is 773 g/mol. The lowest BCUT2D eigenvalue weighted by atomic mass is 9.99. The van der Waals surface area contributed by atoms with Crippen molar-refractivity contribution in [3.8, 4) is 51.6 Å². The summed E-state index contributed by atoms with van der Waals surface area (Å²) in [7, 11) is 1.42. The number of benzene rings is 3. The van der Waals surface area contributed by atoms with E-state index in [1.54, 1.807) is 24.3 Å². The first kappa shape index (κ1) is 39.7. The van der Waals surface area contributed by atoms with E-state index in [0.717, 1.165) is 18.2 Å². The molecule has 2 unspecified atom stereocenters. The zero-order valence-electron chi connectivity index (χ0n) is 29.0. The van der Waals surface area contributed by atoms with Crippen molar-refractivity contribution in [3.63, 3.8) is 0 Å². The zero-order chi connectivity index (χ0) is 39.6. The Morgan fingerprint density at radius 3 is 2.00 bits per heavy atom. The minimum atomic E-state index is -1.84. The van der Waals surface area contributed by atoms with E-state index in [-0.39, 0.29) is 58.5 Å². The summed E-state index contributed by atoms with van der Waals surface area (Å²) in [6.07, 6.45) is -13.0. The number of aromatic hydroxyl groups is 4. The Morgan fingerprint density at radius 2 is 1.33 bits per heavy atom. The molecule has 10 atom stereocenters. The Balaban J connectivity index is 1.27. The molecule has 0 amide bonds. The van der Waals surface area contributed by atoms with Crippen molar-refractivity contribution < 1.29 is 89.0 Å². The van der Waals surface area contributed by atoms with Crippen LogP contribution < -0.4 is 14.2 Å². The SMILES string of the molecule is COc1cc(C=CCOC[C@H]2OC(Oc3cc(O)cc4[o+]c(-c5ccc(O)c(O)c5)c(OC5O[C@H](CO)[C@H](O)[C@H](O)[C@H]5O)cc34)[C@H](O)[C@@H](O)[C@@H]2O)ccc1O. The predicted octanol–water partition coefficient (Wildman–Crippen LogP) is 0.307. The average molecular weight is 774 g/mol. The van der Waals surface area contributed by atoms with Crippen LogP contribution >= 0.6 is 0 Å². The molecular weight excluding hydrogens is 732 g/mol. The van der Waals surface area contributed by atoms with Crippen LogP contribution in [-0.4, -0.2) is 145 Å². The molecule has 0 aliphatic carbocycles. The van der Waals surface area contributed by atoms with Crippen molar-refractivity contribution in [2.45, 2.75) is 61.4 Å². The van der Waals surface area contributed by atoms with E-state index < -0.39 is 85.3 Å². The summed E-state index contributed by atoms with van der Waals surface area (Å²) < 4.78 is 40.0. The number of aliphatic hydroxyl groups is 7. The van der Waals surface area contributed by atoms with Crippen LogP contribution in [-0.2, 0) is 14.2 Å². The molecule has 11 N–H and O–H groups in total. The Labute approximate surface area is 312 Å². The van der Waals surface area contributed by atoms with Crippen LogP contribution in [0.3, 0.4) is 0 Å². The van der Waals surface area contributed by atoms with E-state index in [4.69, 9.17) is 32.8 Å². The van der Waals surface area contributed by atoms with Gasteiger partial charge in [0.05, 0.1) is 38.6 Å². The van der Waals surface area contributed by atoms with Gasteiger partial charge in [0, 0.05) is 18.2 Å². The van der Waals surface area contributed by atoms with Crippen LogP contribution in [0.2, 0.25) is 0 Å². The summed E-state index contributed by atoms with van der Waals surface area (Å²) in [5, 5.41) is 114. The van der Waals surface area contributed by atoms with Gasteiger partial charge in [0.25, 0.3) is 0 Å². The zero-order valence-corrected chi connectivity index (χ0v) is 29.0. The van der Waals surface area contributed by atoms with Gasteiger partial charge in [-0.2, -0.15) is 0 Å². The Morgan fingerprint density at radius 1 is 0.673 bits per heavy atom. The largest absolute Gasteiger partial charge is 0.507 e. The van der Waals surface area contributed by atoms with Gasteiger partial charge < -0.3 is 84.6 Å². The second-order valence-electron chi connectivity index (χ2n) is 12.8. The maximum atomic E-state index is 10.9. The van der Waals surface area contributed by atoms with E-state index in [2.05, 4.69) is 0 Å². The van der Waals surface area contributed by atoms with Crippen molar-refractivity contribution >= 4 is 17.0 Å². The molecule has 0 bridgehead atoms. The van der Waals surface area contributed by atoms with Gasteiger partial charge in [0.15, 0.2) is 23.0 Å². The van der Waals surface area contributed by atoms with Crippen molar-refractivity contribution in [1.29, 1.82) is 0 Å². The number of aliphatic hydroxyl groups excluding tert-OH is 7. The maximum absolute atomic E-state index is 10.9. The molecule has 296 valence electrons. The van der Waals surface area contributed by atoms with Crippen molar-refractivity contribution in [3.05, 3.63) is 66.2 Å². The highest BCUT2D eigenvalue weighted by molar-refractivity contribution is 5.89. The predicted molar refractivity (Wildman–Crippen MR) is 187 cm³/mol. The molecule has 0 radical (unpaired) electrons. The van der Waals surface area contributed by atoms with E-state index >= 15 is 0 Å². The summed E-state index contributed by atoms with van der Waals surface area (Å²) in [5.74, 6) is -1.71. The molecule has 2 saturated heterocycles. The standard InChI is InChI=1S/C37H40O18/c1-49-25-9-16(4-6-21(25)41)3-2-8-50-15-28-30(44)32(46)34(48)36(55-28)52-24-12-18(39)11-23-19(24)13-26(35(51-23)17-5-7-20(40)22(42)10-17)53-37-33(47)31(45)29(43)27(14-38)54-37/h2-7,9-13,27-34,36-38,43-48H,8,14-15H2,1H3,(H3-,39,40,41,42)/p+1/t27-,28-,29+,30-,31+,32+,33-,34-,36?,37?/m1/s1. The lowest BCUT2D eigenvalue weighted by Crippen LogP contribution is -2.60. The molecule has 1 aromatic heterocycles. The average Bonchev–Trinajstić information content (AvgIpc) is 3.17. The number of hydrogen-bond donors (Lipinski definition) is 11. The van der Waals surface area contributed by atoms with Gasteiger partial charge in [-0.15, -0.1) is 0 Å². The van der Waals surface area contributed by atoms with Crippen LogP contribution in [0.25, 0.3) is 28.4 Å². The van der Waals surface area contributed by atoms with Crippen LogP contribution in [0.4, 0.5) is 0 Å². The Bertz CT molecular complexity index is 1990. The van der Waals surface area contributed by atoms with E-state index in [1.807, 2.05) is 0 Å². The van der Waals surface area contributed by atoms with Crippen molar-refractivity contribution in [2.24, 2.45) is 0 Å². The highest BCUT2D eigenvalue weighted by Gasteiger charge is 2.47. The normalized spacial score (nSPS) is 28.4. The molecule has 3 aromatic carbocycles. The molecule has 2 aliphatic heterocycles. The van der Waals surface area contributed by atoms with E-state index in [9.17, 15) is 56.2 Å². The number of rotatable bonds is 12. The lowest BCUT2D eigenvalue weighted by Gasteiger charge is -2.40. The minimum absolute atomic E-state index is 0.0215. The molecule has 3 heterocycles. The first-order chi connectivity index (χ1) is 26.3. The molecule has 2 aliphatic rings. The fraction of sp³-hybridized carbons (Fsp3) is 0.378. The summed E-state index contributed by atoms with van der Waals surface area (Å²) >= 11 is 0. The Hall–Kier alpha value is -4.99. The molecule has 18 nitrogen and oxygen atoms in total. The molecular formula is C37H41O18+. The lowest BCUT2D eigenvalue weighted by molar-refractivity contribution is -0.279. The van der Waals surface area contributed by atoms with Gasteiger partial charge in [0.2, 0.25) is 18.3 Å². The number of hydrogen-bond acceptors (Lipinski definition) is 17. The number of methoxy groups -OCH3 is 1. The number of phenols is 4. The second kappa shape index (κ2) is 16.8. The molecule has 18 heteroatoms. The van der Waals surface area contributed by atoms with Gasteiger partial charge in [-0.05, 0) is 29.8 Å². The van der Waals surface area contributed by atoms with Crippen LogP contribution in [0, 0.1) is 0 Å². The summed E-state index contributed by atoms with van der Waals surface area (Å²) in [5.41, 5.74) is 0.758. The van der Waals surface area contributed by atoms with Gasteiger partial charge in [-0.25, -0.2) is 4.42 Å². The van der Waals surface area contributed by atoms with Crippen LogP contribution in [0.15, 0.2) is 65.1 Å². The molecule has 2 fully saturated rings. The van der Waals surface area contributed by atoms with Gasteiger partial charge in [0.1, 0.15) is 65.7 Å². The van der Waals surface area contributed by atoms with Crippen molar-refractivity contribution in [1.82, 2.24) is 0 Å². The third-order valence-electron chi connectivity index (χ3n) is 9.05. The quantitative estimate of drug-likeness (QED) is 0.0525. The van der Waals surface area contributed by atoms with Gasteiger partial charge in [-0.3, -0.25) is 0 Å². The minimum Gasteiger partial charge on any atom is -0.507 e. The first-order valence-corrected chi connectivity index (χ1v) is 16.9. The highest BCUT2D eigenvalue weighted by atomic mass is 16.7. The molecule has 0 spiro atoms. The molecule has 0 saturated carbocycles. The Kier molecular flexibility index (Phi) is 12.1. The topological polar surface area (TPSA) is 289 Å². The van der Waals surface area contributed by atoms with E-state index in [0.29, 0.717) is 5.56 Å². The third kappa shape index (κ3) is 8.48.